The zero-order valence-corrected chi connectivity index (χ0v) is 17.4. The molecule has 0 saturated carbocycles. The molecule has 0 aliphatic carbocycles. The molecule has 0 saturated heterocycles. The maximum absolute atomic E-state index is 12.7. The van der Waals surface area contributed by atoms with E-state index in [0.29, 0.717) is 30.8 Å². The van der Waals surface area contributed by atoms with Gasteiger partial charge in [-0.15, -0.1) is 0 Å². The van der Waals surface area contributed by atoms with Gasteiger partial charge in [0, 0.05) is 18.5 Å². The molecule has 1 rings (SSSR count). The summed E-state index contributed by atoms with van der Waals surface area (Å²) in [6.07, 6.45) is 3.19. The van der Waals surface area contributed by atoms with Crippen LogP contribution in [0.3, 0.4) is 0 Å². The van der Waals surface area contributed by atoms with Crippen molar-refractivity contribution in [3.63, 3.8) is 0 Å². The second kappa shape index (κ2) is 9.74. The molecule has 2 amide bonds. The first-order valence-electron chi connectivity index (χ1n) is 9.52. The maximum atomic E-state index is 12.7. The van der Waals surface area contributed by atoms with Gasteiger partial charge in [-0.3, -0.25) is 9.59 Å². The van der Waals surface area contributed by atoms with Crippen LogP contribution in [0.15, 0.2) is 10.7 Å². The summed E-state index contributed by atoms with van der Waals surface area (Å²) >= 11 is 0. The van der Waals surface area contributed by atoms with E-state index in [9.17, 15) is 9.59 Å². The highest BCUT2D eigenvalue weighted by Crippen LogP contribution is 2.20. The van der Waals surface area contributed by atoms with E-state index in [4.69, 9.17) is 4.42 Å². The summed E-state index contributed by atoms with van der Waals surface area (Å²) < 4.78 is 5.45. The Hall–Kier alpha value is -1.85. The summed E-state index contributed by atoms with van der Waals surface area (Å²) in [4.78, 5) is 30.9. The van der Waals surface area contributed by atoms with E-state index >= 15 is 0 Å². The second-order valence-corrected chi connectivity index (χ2v) is 8.72. The van der Waals surface area contributed by atoms with Crippen LogP contribution < -0.4 is 5.32 Å². The van der Waals surface area contributed by atoms with Crippen molar-refractivity contribution in [1.29, 1.82) is 0 Å². The molecule has 0 unspecified atom stereocenters. The van der Waals surface area contributed by atoms with E-state index in [1.54, 1.807) is 4.90 Å². The molecule has 1 aromatic heterocycles. The Labute approximate surface area is 157 Å². The van der Waals surface area contributed by atoms with Crippen LogP contribution in [0, 0.1) is 17.3 Å². The Morgan fingerprint density at radius 2 is 1.77 bits per heavy atom. The third-order valence-corrected chi connectivity index (χ3v) is 4.02. The number of oxazole rings is 1. The molecule has 6 heteroatoms. The van der Waals surface area contributed by atoms with Gasteiger partial charge in [0.25, 0.3) is 5.91 Å². The van der Waals surface area contributed by atoms with Gasteiger partial charge in [0.15, 0.2) is 5.69 Å². The Bertz CT molecular complexity index is 585. The Morgan fingerprint density at radius 1 is 1.15 bits per heavy atom. The number of hydrogen-bond donors (Lipinski definition) is 1. The standard InChI is InChI=1S/C20H35N3O3/c1-14(2)8-10-21-18(24)16-13-26-17(22-16)12-23(11-9-15(3)4)19(25)20(5,6)7/h13-15H,8-12H2,1-7H3,(H,21,24). The van der Waals surface area contributed by atoms with Gasteiger partial charge in [0.05, 0.1) is 6.54 Å². The van der Waals surface area contributed by atoms with Crippen molar-refractivity contribution in [3.05, 3.63) is 17.8 Å². The molecule has 1 N–H and O–H groups in total. The van der Waals surface area contributed by atoms with Crippen LogP contribution in [0.4, 0.5) is 0 Å². The molecule has 0 aliphatic rings. The number of carbonyl (C=O) groups excluding carboxylic acids is 2. The van der Waals surface area contributed by atoms with Gasteiger partial charge in [0.1, 0.15) is 6.26 Å². The lowest BCUT2D eigenvalue weighted by atomic mass is 9.94. The minimum atomic E-state index is -0.472. The van der Waals surface area contributed by atoms with Crippen LogP contribution in [-0.2, 0) is 11.3 Å². The predicted octanol–water partition coefficient (Wildman–Crippen LogP) is 3.87. The first kappa shape index (κ1) is 22.2. The Balaban J connectivity index is 2.75. The van der Waals surface area contributed by atoms with Gasteiger partial charge < -0.3 is 14.6 Å². The summed E-state index contributed by atoms with van der Waals surface area (Å²) in [5.74, 6) is 1.23. The second-order valence-electron chi connectivity index (χ2n) is 8.72. The number of rotatable bonds is 9. The minimum Gasteiger partial charge on any atom is -0.446 e. The topological polar surface area (TPSA) is 75.4 Å². The van der Waals surface area contributed by atoms with Crippen LogP contribution in [0.1, 0.15) is 77.7 Å². The van der Waals surface area contributed by atoms with Crippen LogP contribution in [0.2, 0.25) is 0 Å². The molecular weight excluding hydrogens is 330 g/mol. The van der Waals surface area contributed by atoms with E-state index < -0.39 is 5.41 Å². The molecule has 0 spiro atoms. The molecule has 0 atom stereocenters. The Morgan fingerprint density at radius 3 is 2.31 bits per heavy atom. The third-order valence-electron chi connectivity index (χ3n) is 4.02. The molecule has 0 aliphatic heterocycles. The van der Waals surface area contributed by atoms with Crippen molar-refractivity contribution < 1.29 is 14.0 Å². The lowest BCUT2D eigenvalue weighted by Gasteiger charge is -2.29. The van der Waals surface area contributed by atoms with E-state index in [2.05, 4.69) is 38.0 Å². The number of aromatic nitrogens is 1. The predicted molar refractivity (Wildman–Crippen MR) is 103 cm³/mol. The molecule has 1 aromatic rings. The van der Waals surface area contributed by atoms with Crippen LogP contribution in [0.25, 0.3) is 0 Å². The lowest BCUT2D eigenvalue weighted by Crippen LogP contribution is -2.40. The Kier molecular flexibility index (Phi) is 8.31. The molecule has 6 nitrogen and oxygen atoms in total. The van der Waals surface area contributed by atoms with Gasteiger partial charge in [-0.05, 0) is 24.7 Å². The van der Waals surface area contributed by atoms with Gasteiger partial charge in [-0.1, -0.05) is 48.5 Å². The van der Waals surface area contributed by atoms with Gasteiger partial charge in [-0.25, -0.2) is 4.98 Å². The fourth-order valence-corrected chi connectivity index (χ4v) is 2.36. The van der Waals surface area contributed by atoms with Crippen molar-refractivity contribution >= 4 is 11.8 Å². The van der Waals surface area contributed by atoms with E-state index in [0.717, 1.165) is 12.8 Å². The molecule has 0 aromatic carbocycles. The first-order valence-corrected chi connectivity index (χ1v) is 9.52. The largest absolute Gasteiger partial charge is 0.446 e. The average molecular weight is 366 g/mol. The van der Waals surface area contributed by atoms with Gasteiger partial charge in [-0.2, -0.15) is 0 Å². The maximum Gasteiger partial charge on any atom is 0.273 e. The third kappa shape index (κ3) is 7.58. The number of carbonyl (C=O) groups is 2. The molecule has 1 heterocycles. The summed E-state index contributed by atoms with van der Waals surface area (Å²) in [5, 5.41) is 2.84. The highest BCUT2D eigenvalue weighted by Gasteiger charge is 2.28. The number of nitrogens with zero attached hydrogens (tertiary/aromatic N) is 2. The van der Waals surface area contributed by atoms with Crippen molar-refractivity contribution in [2.45, 2.75) is 67.9 Å². The van der Waals surface area contributed by atoms with E-state index in [-0.39, 0.29) is 24.1 Å². The van der Waals surface area contributed by atoms with Crippen LogP contribution >= 0.6 is 0 Å². The molecule has 0 bridgehead atoms. The summed E-state index contributed by atoms with van der Waals surface area (Å²) in [7, 11) is 0. The molecule has 26 heavy (non-hydrogen) atoms. The molecule has 0 radical (unpaired) electrons. The van der Waals surface area contributed by atoms with Crippen molar-refractivity contribution in [3.8, 4) is 0 Å². The SMILES string of the molecule is CC(C)CCNC(=O)c1coc(CN(CCC(C)C)C(=O)C(C)(C)C)n1. The highest BCUT2D eigenvalue weighted by atomic mass is 16.3. The zero-order chi connectivity index (χ0) is 19.9. The smallest absolute Gasteiger partial charge is 0.273 e. The summed E-state index contributed by atoms with van der Waals surface area (Å²) in [6.45, 7) is 15.7. The molecule has 0 fully saturated rings. The van der Waals surface area contributed by atoms with Gasteiger partial charge >= 0.3 is 0 Å². The van der Waals surface area contributed by atoms with Gasteiger partial charge in [0.2, 0.25) is 11.8 Å². The summed E-state index contributed by atoms with van der Waals surface area (Å²) in [5.41, 5.74) is -0.212. The first-order chi connectivity index (χ1) is 12.0. The van der Waals surface area contributed by atoms with E-state index in [1.807, 2.05) is 20.8 Å². The van der Waals surface area contributed by atoms with Crippen LogP contribution in [-0.4, -0.2) is 34.8 Å². The fraction of sp³-hybridized carbons (Fsp3) is 0.750. The number of hydrogen-bond acceptors (Lipinski definition) is 4. The normalized spacial score (nSPS) is 11.9. The van der Waals surface area contributed by atoms with Crippen LogP contribution in [0.5, 0.6) is 0 Å². The monoisotopic (exact) mass is 365 g/mol. The highest BCUT2D eigenvalue weighted by molar-refractivity contribution is 5.91. The lowest BCUT2D eigenvalue weighted by molar-refractivity contribution is -0.140. The van der Waals surface area contributed by atoms with Crippen molar-refractivity contribution in [2.24, 2.45) is 17.3 Å². The average Bonchev–Trinajstić information content (AvgIpc) is 2.97. The minimum absolute atomic E-state index is 0.0549. The summed E-state index contributed by atoms with van der Waals surface area (Å²) in [6, 6.07) is 0. The molecule has 148 valence electrons. The quantitative estimate of drug-likeness (QED) is 0.721. The van der Waals surface area contributed by atoms with Crippen molar-refractivity contribution in [2.75, 3.05) is 13.1 Å². The number of nitrogens with one attached hydrogen (secondary N) is 1. The number of amides is 2. The van der Waals surface area contributed by atoms with Crippen molar-refractivity contribution in [1.82, 2.24) is 15.2 Å². The fourth-order valence-electron chi connectivity index (χ4n) is 2.36. The van der Waals surface area contributed by atoms with E-state index in [1.165, 1.54) is 6.26 Å². The zero-order valence-electron chi connectivity index (χ0n) is 17.4. The molecular formula is C20H35N3O3.